The van der Waals surface area contributed by atoms with Crippen molar-refractivity contribution >= 4 is 40.1 Å². The van der Waals surface area contributed by atoms with E-state index in [1.165, 1.54) is 11.1 Å². The van der Waals surface area contributed by atoms with Crippen LogP contribution in [0.2, 0.25) is 0 Å². The van der Waals surface area contributed by atoms with E-state index in [9.17, 15) is 4.89 Å². The summed E-state index contributed by atoms with van der Waals surface area (Å²) in [6.45, 7) is 5.04. The number of aryl methyl sites for hydroxylation is 1. The lowest BCUT2D eigenvalue weighted by Gasteiger charge is -2.29. The van der Waals surface area contributed by atoms with Crippen LogP contribution in [-0.4, -0.2) is 45.3 Å². The summed E-state index contributed by atoms with van der Waals surface area (Å²) >= 11 is 0. The van der Waals surface area contributed by atoms with Crippen LogP contribution in [0.4, 0.5) is 11.4 Å². The van der Waals surface area contributed by atoms with Gasteiger partial charge in [-0.05, 0) is 42.3 Å². The zero-order chi connectivity index (χ0) is 22.0. The molecule has 3 heterocycles. The van der Waals surface area contributed by atoms with E-state index in [0.717, 1.165) is 62.5 Å². The quantitative estimate of drug-likeness (QED) is 0.384. The number of nitrogens with zero attached hydrogens (tertiary/aromatic N) is 2. The van der Waals surface area contributed by atoms with Crippen LogP contribution >= 0.6 is 7.76 Å². The molecule has 1 aromatic heterocycles. The predicted octanol–water partition coefficient (Wildman–Crippen LogP) is 5.65. The summed E-state index contributed by atoms with van der Waals surface area (Å²) in [4.78, 5) is 16.3. The summed E-state index contributed by atoms with van der Waals surface area (Å²) in [5.41, 5.74) is 5.58. The molecule has 2 aliphatic heterocycles. The number of anilines is 2. The van der Waals surface area contributed by atoms with Gasteiger partial charge in [-0.15, -0.1) is 0 Å². The van der Waals surface area contributed by atoms with Gasteiger partial charge in [0, 0.05) is 30.4 Å². The minimum absolute atomic E-state index is 0.613. The van der Waals surface area contributed by atoms with Gasteiger partial charge < -0.3 is 19.3 Å². The maximum absolute atomic E-state index is 11.9. The Morgan fingerprint density at radius 3 is 1.84 bits per heavy atom. The molecule has 2 aliphatic rings. The first-order chi connectivity index (χ1) is 15.6. The Morgan fingerprint density at radius 1 is 0.781 bits per heavy atom. The van der Waals surface area contributed by atoms with E-state index in [-0.39, 0.29) is 0 Å². The molecule has 0 saturated heterocycles. The third-order valence-corrected chi connectivity index (χ3v) is 8.50. The summed E-state index contributed by atoms with van der Waals surface area (Å²) in [7, 11) is 2.52. The summed E-state index contributed by atoms with van der Waals surface area (Å²) < 4.78 is 12.4. The maximum Gasteiger partial charge on any atom is 0.308 e. The molecule has 32 heavy (non-hydrogen) atoms. The zero-order valence-corrected chi connectivity index (χ0v) is 19.4. The second kappa shape index (κ2) is 7.26. The van der Waals surface area contributed by atoms with Crippen molar-refractivity contribution in [2.75, 3.05) is 50.2 Å². The fourth-order valence-electron chi connectivity index (χ4n) is 5.04. The van der Waals surface area contributed by atoms with Crippen LogP contribution in [0.1, 0.15) is 5.56 Å². The van der Waals surface area contributed by atoms with E-state index in [0.29, 0.717) is 13.2 Å². The Kier molecular flexibility index (Phi) is 4.46. The van der Waals surface area contributed by atoms with Crippen LogP contribution in [0.25, 0.3) is 32.1 Å². The van der Waals surface area contributed by atoms with Gasteiger partial charge in [0.1, 0.15) is 13.2 Å². The molecule has 1 N–H and O–H groups in total. The predicted molar refractivity (Wildman–Crippen MR) is 134 cm³/mol. The standard InChI is InChI=1S/C26H26N2O3P/c1-16-6-4-5-7-17(16)22-18-8-10-20-23(30-14-12-27(20)2)25(18)32(29)26-19(22)9-11-21-24(26)31-15-13-28(21)3/h4-11,29H,12-15H2,1-3H3/q+1. The van der Waals surface area contributed by atoms with Crippen molar-refractivity contribution in [1.29, 1.82) is 0 Å². The second-order valence-electron chi connectivity index (χ2n) is 8.66. The van der Waals surface area contributed by atoms with Crippen molar-refractivity contribution in [1.82, 2.24) is 0 Å². The van der Waals surface area contributed by atoms with Crippen LogP contribution in [0, 0.1) is 6.92 Å². The highest BCUT2D eigenvalue weighted by Gasteiger charge is 2.34. The fraction of sp³-hybridized carbons (Fsp3) is 0.269. The molecule has 0 unspecified atom stereocenters. The number of ether oxygens (including phenoxy) is 2. The summed E-state index contributed by atoms with van der Waals surface area (Å²) in [6.07, 6.45) is 0. The molecule has 0 spiro atoms. The van der Waals surface area contributed by atoms with Crippen molar-refractivity contribution in [3.05, 3.63) is 54.1 Å². The van der Waals surface area contributed by atoms with E-state index in [4.69, 9.17) is 9.47 Å². The van der Waals surface area contributed by atoms with Crippen molar-refractivity contribution in [3.63, 3.8) is 0 Å². The molecule has 0 aliphatic carbocycles. The van der Waals surface area contributed by atoms with Crippen molar-refractivity contribution < 1.29 is 14.4 Å². The van der Waals surface area contributed by atoms with Gasteiger partial charge in [0.2, 0.25) is 10.2 Å². The lowest BCUT2D eigenvalue weighted by molar-refractivity contribution is 0.315. The Balaban J connectivity index is 1.85. The lowest BCUT2D eigenvalue weighted by Crippen LogP contribution is -2.29. The lowest BCUT2D eigenvalue weighted by atomic mass is 9.94. The number of hydrogen-bond acceptors (Lipinski definition) is 5. The van der Waals surface area contributed by atoms with Crippen LogP contribution in [0.5, 0.6) is 11.5 Å². The number of hydrogen-bond donors (Lipinski definition) is 1. The average Bonchev–Trinajstić information content (AvgIpc) is 2.80. The van der Waals surface area contributed by atoms with Crippen molar-refractivity contribution in [2.45, 2.75) is 6.92 Å². The molecule has 6 heteroatoms. The largest absolute Gasteiger partial charge is 0.485 e. The van der Waals surface area contributed by atoms with Crippen LogP contribution < -0.4 is 19.3 Å². The minimum Gasteiger partial charge on any atom is -0.485 e. The highest BCUT2D eigenvalue weighted by atomic mass is 31.1. The SMILES string of the molecule is Cc1ccccc1-c1c2ccc3c(c2[p+](O)c2c4c(ccc12)N(C)CCO4)OCCN3C. The Hall–Kier alpha value is -3.01. The van der Waals surface area contributed by atoms with Gasteiger partial charge in [-0.3, -0.25) is 0 Å². The second-order valence-corrected chi connectivity index (χ2v) is 10.2. The average molecular weight is 445 g/mol. The molecule has 162 valence electrons. The molecule has 0 atom stereocenters. The molecule has 3 aromatic carbocycles. The van der Waals surface area contributed by atoms with E-state index in [1.807, 2.05) is 0 Å². The molecule has 0 fully saturated rings. The van der Waals surface area contributed by atoms with Crippen LogP contribution in [0.15, 0.2) is 48.5 Å². The van der Waals surface area contributed by atoms with Crippen LogP contribution in [-0.2, 0) is 0 Å². The van der Waals surface area contributed by atoms with Crippen LogP contribution in [0.3, 0.4) is 0 Å². The first-order valence-electron chi connectivity index (χ1n) is 11.0. The highest BCUT2D eigenvalue weighted by Crippen LogP contribution is 2.58. The van der Waals surface area contributed by atoms with E-state index < -0.39 is 7.76 Å². The first kappa shape index (κ1) is 19.7. The number of fused-ring (bicyclic) bond motifs is 6. The molecule has 6 rings (SSSR count). The minimum atomic E-state index is -1.64. The molecule has 5 nitrogen and oxygen atoms in total. The monoisotopic (exact) mass is 445 g/mol. The highest BCUT2D eigenvalue weighted by molar-refractivity contribution is 7.55. The third kappa shape index (κ3) is 2.71. The summed E-state index contributed by atoms with van der Waals surface area (Å²) in [5.74, 6) is 1.62. The normalized spacial score (nSPS) is 15.4. The Morgan fingerprint density at radius 2 is 1.31 bits per heavy atom. The van der Waals surface area contributed by atoms with E-state index >= 15 is 0 Å². The fourth-order valence-corrected chi connectivity index (χ4v) is 6.84. The van der Waals surface area contributed by atoms with Gasteiger partial charge in [-0.25, -0.2) is 0 Å². The smallest absolute Gasteiger partial charge is 0.308 e. The number of likely N-dealkylation sites (N-methyl/N-ethyl adjacent to an activating group) is 2. The summed E-state index contributed by atoms with van der Waals surface area (Å²) in [6, 6.07) is 17.0. The van der Waals surface area contributed by atoms with Gasteiger partial charge >= 0.3 is 7.76 Å². The van der Waals surface area contributed by atoms with Gasteiger partial charge in [0.15, 0.2) is 11.5 Å². The van der Waals surface area contributed by atoms with Gasteiger partial charge in [0.25, 0.3) is 0 Å². The molecular formula is C26H26N2O3P+. The molecule has 4 aromatic rings. The van der Waals surface area contributed by atoms with Gasteiger partial charge in [0.05, 0.1) is 24.5 Å². The Bertz CT molecular complexity index is 1320. The molecule has 0 bridgehead atoms. The topological polar surface area (TPSA) is 45.2 Å². The molecule has 0 radical (unpaired) electrons. The number of rotatable bonds is 1. The maximum atomic E-state index is 11.9. The summed E-state index contributed by atoms with van der Waals surface area (Å²) in [5, 5.41) is 3.91. The number of benzene rings is 3. The van der Waals surface area contributed by atoms with Crippen molar-refractivity contribution in [2.24, 2.45) is 0 Å². The molecule has 0 saturated carbocycles. The first-order valence-corrected chi connectivity index (χ1v) is 12.3. The van der Waals surface area contributed by atoms with Gasteiger partial charge in [-0.1, -0.05) is 24.3 Å². The van der Waals surface area contributed by atoms with Gasteiger partial charge in [-0.2, -0.15) is 4.89 Å². The van der Waals surface area contributed by atoms with E-state index in [2.05, 4.69) is 79.3 Å². The molecular weight excluding hydrogens is 419 g/mol. The van der Waals surface area contributed by atoms with Crippen molar-refractivity contribution in [3.8, 4) is 22.6 Å². The zero-order valence-electron chi connectivity index (χ0n) is 18.6. The van der Waals surface area contributed by atoms with E-state index in [1.54, 1.807) is 0 Å². The Labute approximate surface area is 188 Å². The third-order valence-electron chi connectivity index (χ3n) is 6.77. The molecule has 0 amide bonds.